The first-order valence-corrected chi connectivity index (χ1v) is 31.1. The van der Waals surface area contributed by atoms with Gasteiger partial charge in [-0.15, -0.1) is 0 Å². The van der Waals surface area contributed by atoms with Gasteiger partial charge in [0.05, 0.1) is 38.9 Å². The third kappa shape index (κ3) is 13.2. The van der Waals surface area contributed by atoms with Gasteiger partial charge in [0.15, 0.2) is 152 Å². The highest BCUT2D eigenvalue weighted by Gasteiger charge is 2.56. The molecular formula is C68H50O44. The third-order valence-electron chi connectivity index (χ3n) is 17.4. The zero-order valence-corrected chi connectivity index (χ0v) is 55.0. The van der Waals surface area contributed by atoms with Crippen LogP contribution in [0.5, 0.6) is 144 Å². The van der Waals surface area contributed by atoms with Gasteiger partial charge in [-0.25, -0.2) is 38.4 Å². The number of fused-ring (bicyclic) bond motifs is 8. The Balaban J connectivity index is 0.946. The lowest BCUT2D eigenvalue weighted by Crippen LogP contribution is -2.62. The highest BCUT2D eigenvalue weighted by atomic mass is 16.7. The minimum Gasteiger partial charge on any atom is -0.504 e. The number of hydrogen-bond donors (Lipinski definition) is 25. The van der Waals surface area contributed by atoms with Gasteiger partial charge in [-0.2, -0.15) is 0 Å². The van der Waals surface area contributed by atoms with Gasteiger partial charge in [-0.3, -0.25) is 0 Å². The first-order chi connectivity index (χ1) is 52.7. The number of rotatable bonds is 10. The summed E-state index contributed by atoms with van der Waals surface area (Å²) in [6.07, 6.45) is -26.1. The van der Waals surface area contributed by atoms with Crippen molar-refractivity contribution in [2.24, 2.45) is 0 Å². The van der Waals surface area contributed by atoms with E-state index in [1.807, 2.05) is 0 Å². The number of carbonyl (C=O) groups excluding carboxylic acids is 8. The van der Waals surface area contributed by atoms with Crippen LogP contribution in [-0.4, -0.2) is 250 Å². The summed E-state index contributed by atoms with van der Waals surface area (Å²) >= 11 is 0. The third-order valence-corrected chi connectivity index (χ3v) is 17.4. The van der Waals surface area contributed by atoms with E-state index in [4.69, 9.17) is 52.1 Å². The molecule has 8 aromatic rings. The first-order valence-electron chi connectivity index (χ1n) is 31.1. The van der Waals surface area contributed by atoms with Crippen LogP contribution in [0.2, 0.25) is 0 Å². The van der Waals surface area contributed by atoms with Crippen LogP contribution in [0.4, 0.5) is 0 Å². The van der Waals surface area contributed by atoms with E-state index in [-0.39, 0.29) is 18.2 Å². The smallest absolute Gasteiger partial charge is 0.342 e. The number of aliphatic hydroxyl groups is 2. The highest BCUT2D eigenvalue weighted by molar-refractivity contribution is 6.10. The van der Waals surface area contributed by atoms with Gasteiger partial charge in [-0.1, -0.05) is 0 Å². The average Bonchev–Trinajstić information content (AvgIpc) is 1.17. The molecule has 0 unspecified atom stereocenters. The van der Waals surface area contributed by atoms with E-state index < -0.39 is 333 Å². The Morgan fingerprint density at radius 2 is 0.643 bits per heavy atom. The summed E-state index contributed by atoms with van der Waals surface area (Å²) in [6.45, 7) is -2.85. The van der Waals surface area contributed by atoms with Gasteiger partial charge >= 0.3 is 47.8 Å². The van der Waals surface area contributed by atoms with Crippen molar-refractivity contribution < 1.29 is 218 Å². The van der Waals surface area contributed by atoms with Crippen LogP contribution >= 0.6 is 0 Å². The molecule has 4 aliphatic rings. The molecule has 4 aliphatic heterocycles. The van der Waals surface area contributed by atoms with Crippen LogP contribution in [0.25, 0.3) is 22.3 Å². The Morgan fingerprint density at radius 1 is 0.321 bits per heavy atom. The zero-order chi connectivity index (χ0) is 81.7. The zero-order valence-electron chi connectivity index (χ0n) is 55.0. The van der Waals surface area contributed by atoms with Gasteiger partial charge in [0.2, 0.25) is 40.8 Å². The molecule has 0 aliphatic carbocycles. The fourth-order valence-electron chi connectivity index (χ4n) is 11.9. The quantitative estimate of drug-likeness (QED) is 0.0527. The lowest BCUT2D eigenvalue weighted by atomic mass is 9.91. The number of hydrogen-bond acceptors (Lipinski definition) is 44. The molecule has 0 radical (unpaired) electrons. The summed E-state index contributed by atoms with van der Waals surface area (Å²) < 4.78 is 61.0. The number of carbonyl (C=O) groups is 8. The van der Waals surface area contributed by atoms with Gasteiger partial charge in [0.25, 0.3) is 0 Å². The molecule has 0 amide bonds. The van der Waals surface area contributed by atoms with Crippen molar-refractivity contribution in [3.8, 4) is 166 Å². The molecule has 44 heteroatoms. The molecule has 0 saturated carbocycles. The van der Waals surface area contributed by atoms with Crippen LogP contribution < -0.4 is 4.74 Å². The van der Waals surface area contributed by atoms with E-state index in [1.54, 1.807) is 0 Å². The van der Waals surface area contributed by atoms with Crippen molar-refractivity contribution in [3.05, 3.63) is 111 Å². The second-order valence-electron chi connectivity index (χ2n) is 24.3. The summed E-state index contributed by atoms with van der Waals surface area (Å²) in [7, 11) is 0. The molecule has 25 N–H and O–H groups in total. The minimum absolute atomic E-state index is 0.156. The summed E-state index contributed by atoms with van der Waals surface area (Å²) in [5.41, 5.74) is -14.2. The number of ether oxygens (including phenoxy) is 11. The number of phenols is 23. The Kier molecular flexibility index (Phi) is 19.3. The van der Waals surface area contributed by atoms with Crippen molar-refractivity contribution in [1.29, 1.82) is 0 Å². The van der Waals surface area contributed by atoms with Crippen LogP contribution in [0.15, 0.2) is 66.7 Å². The molecule has 0 bridgehead atoms. The highest BCUT2D eigenvalue weighted by Crippen LogP contribution is 2.58. The van der Waals surface area contributed by atoms with Crippen molar-refractivity contribution in [3.63, 3.8) is 0 Å². The SMILES string of the molecule is O=C(O[C@@H]1O[C@@H]2COC(=O)c3cc(Oc4c(C(=O)O[C@@H]5[C@@H](OC(=O)c6cc(O)c(O)c(O)c6)[C@@H]6OC(=O)c7cc(O)c(O)c(O)c7-c7c(cc(O)c(O)c7O)C(=O)OC[C@H]6O[C@H]5O)cc(O)c(O)c4O)c(O)c(O)c3-c3c(cc(O)c(O)c3O)C(=O)O[C@@H]2[C@@H](OC(=O)c2cc(O)c(O)c(O)c2)[C@H]1O)c1cc(O)c(O)c(O)c1. The number of aliphatic hydroxyl groups excluding tert-OH is 2. The molecule has 2 saturated heterocycles. The van der Waals surface area contributed by atoms with E-state index >= 15 is 0 Å². The number of aromatic hydroxyl groups is 23. The van der Waals surface area contributed by atoms with Gasteiger partial charge in [-0.05, 0) is 54.6 Å². The van der Waals surface area contributed by atoms with E-state index in [2.05, 4.69) is 0 Å². The second-order valence-corrected chi connectivity index (χ2v) is 24.3. The van der Waals surface area contributed by atoms with Crippen molar-refractivity contribution in [2.75, 3.05) is 13.2 Å². The summed E-state index contributed by atoms with van der Waals surface area (Å²) in [6, 6.07) is 4.27. The Bertz CT molecular complexity index is 5320. The standard InChI is InChI=1S/C68H50O44/c69-22-1-14(2-23(70)39(22)79)59(93)109-56-52(92)68(112-61(95)16-5-26(73)41(81)27(74)6-16)106-34-13-103-63(97)20-11-32(46(86)50(90)38(20)37-19(64(98)107-54(34)56)9-30(77)44(84)49(37)89)104-53-21(10-31(78)45(85)51(53)91)66(100)111-58-57(110-60(94)15-3-24(71)40(80)25(72)4-15)55-33(105-67(58)101)12-102-62(96)17-7-28(75)42(82)47(87)35(17)36-18(65(99)108-55)8-29(76)43(83)48(36)88/h1-11,33-34,52,54-58,67-92,101H,12-13H2/t33-,34-,52-,54+,55-,56+,57+,58-,67-,68+/m1/s1. The molecule has 12 rings (SSSR count). The average molecular weight is 1570 g/mol. The topological polar surface area (TPSA) is 744 Å². The van der Waals surface area contributed by atoms with Gasteiger partial charge in [0, 0.05) is 34.4 Å². The monoisotopic (exact) mass is 1570 g/mol. The number of esters is 8. The van der Waals surface area contributed by atoms with E-state index in [0.717, 1.165) is 0 Å². The van der Waals surface area contributed by atoms with Crippen molar-refractivity contribution >= 4 is 47.8 Å². The molecule has 112 heavy (non-hydrogen) atoms. The Hall–Kier alpha value is -15.4. The molecule has 586 valence electrons. The molecule has 8 aromatic carbocycles. The van der Waals surface area contributed by atoms with Crippen LogP contribution in [0.1, 0.15) is 82.9 Å². The van der Waals surface area contributed by atoms with E-state index in [9.17, 15) is 166 Å². The van der Waals surface area contributed by atoms with Crippen molar-refractivity contribution in [2.45, 2.75) is 61.4 Å². The van der Waals surface area contributed by atoms with Crippen LogP contribution in [0, 0.1) is 0 Å². The lowest BCUT2D eigenvalue weighted by molar-refractivity contribution is -0.284. The molecule has 44 nitrogen and oxygen atoms in total. The van der Waals surface area contributed by atoms with Crippen LogP contribution in [0.3, 0.4) is 0 Å². The molecule has 2 fully saturated rings. The predicted octanol–water partition coefficient (Wildman–Crippen LogP) is 1.77. The molecule has 0 spiro atoms. The molecule has 4 heterocycles. The normalized spacial score (nSPS) is 20.7. The number of cyclic esters (lactones) is 2. The van der Waals surface area contributed by atoms with Gasteiger partial charge in [0.1, 0.15) is 31.0 Å². The van der Waals surface area contributed by atoms with Gasteiger partial charge < -0.3 is 180 Å². The maximum atomic E-state index is 15.0. The van der Waals surface area contributed by atoms with Crippen molar-refractivity contribution in [1.82, 2.24) is 0 Å². The molecule has 0 aromatic heterocycles. The maximum absolute atomic E-state index is 15.0. The van der Waals surface area contributed by atoms with Crippen LogP contribution in [-0.2, 0) is 47.4 Å². The molecule has 10 atom stereocenters. The van der Waals surface area contributed by atoms with E-state index in [0.29, 0.717) is 48.5 Å². The van der Waals surface area contributed by atoms with E-state index in [1.165, 1.54) is 0 Å². The Morgan fingerprint density at radius 3 is 1.06 bits per heavy atom. The maximum Gasteiger partial charge on any atom is 0.342 e. The number of phenolic OH excluding ortho intramolecular Hbond substituents is 23. The predicted molar refractivity (Wildman–Crippen MR) is 345 cm³/mol. The largest absolute Gasteiger partial charge is 0.504 e. The summed E-state index contributed by atoms with van der Waals surface area (Å²) in [5, 5.41) is 271. The number of benzene rings is 8. The minimum atomic E-state index is -2.88. The fourth-order valence-corrected chi connectivity index (χ4v) is 11.9. The first kappa shape index (κ1) is 76.2. The summed E-state index contributed by atoms with van der Waals surface area (Å²) in [5.74, 6) is -50.7. The lowest BCUT2D eigenvalue weighted by Gasteiger charge is -2.42. The molecular weight excluding hydrogens is 1520 g/mol. The fraction of sp³-hybridized carbons (Fsp3) is 0.176. The summed E-state index contributed by atoms with van der Waals surface area (Å²) in [4.78, 5) is 115. The Labute approximate surface area is 616 Å². The second kappa shape index (κ2) is 28.4.